The molecule has 0 spiro atoms. The molecule has 1 aliphatic carbocycles. The third-order valence-electron chi connectivity index (χ3n) is 3.70. The Morgan fingerprint density at radius 1 is 1.32 bits per heavy atom. The lowest BCUT2D eigenvalue weighted by Crippen LogP contribution is -2.08. The van der Waals surface area contributed by atoms with Gasteiger partial charge in [-0.2, -0.15) is 0 Å². The Hall–Kier alpha value is -0.770. The second-order valence-corrected chi connectivity index (χ2v) is 6.60. The highest BCUT2D eigenvalue weighted by Crippen LogP contribution is 2.35. The number of hydrogen-bond acceptors (Lipinski definition) is 4. The van der Waals surface area contributed by atoms with Crippen LogP contribution in [0.4, 0.5) is 5.82 Å². The number of rotatable bonds is 6. The van der Waals surface area contributed by atoms with E-state index in [1.807, 2.05) is 11.8 Å². The standard InChI is InChI=1S/C15H25N3S/c1-4-16-14-13(11(2)3)15(18-10-17-14)19-9-12-7-5-6-8-12/h10-12H,4-9H2,1-3H3,(H,16,17,18). The predicted molar refractivity (Wildman–Crippen MR) is 83.0 cm³/mol. The minimum atomic E-state index is 0.460. The molecule has 19 heavy (non-hydrogen) atoms. The Morgan fingerprint density at radius 3 is 2.68 bits per heavy atom. The van der Waals surface area contributed by atoms with E-state index in [1.54, 1.807) is 6.33 Å². The molecule has 106 valence electrons. The van der Waals surface area contributed by atoms with E-state index in [4.69, 9.17) is 0 Å². The van der Waals surface area contributed by atoms with Gasteiger partial charge in [0.25, 0.3) is 0 Å². The molecular weight excluding hydrogens is 254 g/mol. The van der Waals surface area contributed by atoms with Crippen LogP contribution in [0.5, 0.6) is 0 Å². The van der Waals surface area contributed by atoms with Crippen molar-refractivity contribution >= 4 is 17.6 Å². The fraction of sp³-hybridized carbons (Fsp3) is 0.733. The summed E-state index contributed by atoms with van der Waals surface area (Å²) in [6.07, 6.45) is 7.31. The molecule has 1 saturated carbocycles. The molecule has 1 N–H and O–H groups in total. The van der Waals surface area contributed by atoms with Gasteiger partial charge in [0, 0.05) is 17.9 Å². The van der Waals surface area contributed by atoms with Crippen molar-refractivity contribution in [3.8, 4) is 0 Å². The van der Waals surface area contributed by atoms with Crippen LogP contribution in [-0.4, -0.2) is 22.3 Å². The molecule has 1 fully saturated rings. The normalized spacial score (nSPS) is 16.2. The van der Waals surface area contributed by atoms with Gasteiger partial charge in [0.2, 0.25) is 0 Å². The molecule has 0 atom stereocenters. The van der Waals surface area contributed by atoms with Crippen LogP contribution in [0.1, 0.15) is 57.9 Å². The molecule has 1 heterocycles. The first-order valence-electron chi connectivity index (χ1n) is 7.44. The van der Waals surface area contributed by atoms with E-state index in [2.05, 4.69) is 36.1 Å². The molecular formula is C15H25N3S. The first-order valence-corrected chi connectivity index (χ1v) is 8.42. The highest BCUT2D eigenvalue weighted by Gasteiger charge is 2.19. The van der Waals surface area contributed by atoms with Crippen LogP contribution in [0, 0.1) is 5.92 Å². The molecule has 2 rings (SSSR count). The summed E-state index contributed by atoms with van der Waals surface area (Å²) in [6, 6.07) is 0. The topological polar surface area (TPSA) is 37.8 Å². The average molecular weight is 279 g/mol. The van der Waals surface area contributed by atoms with Gasteiger partial charge in [0.1, 0.15) is 17.2 Å². The Balaban J connectivity index is 2.11. The molecule has 0 radical (unpaired) electrons. The lowest BCUT2D eigenvalue weighted by Gasteiger charge is -2.17. The third-order valence-corrected chi connectivity index (χ3v) is 4.94. The highest BCUT2D eigenvalue weighted by molar-refractivity contribution is 7.99. The Morgan fingerprint density at radius 2 is 2.05 bits per heavy atom. The summed E-state index contributed by atoms with van der Waals surface area (Å²) >= 11 is 1.92. The molecule has 1 aromatic heterocycles. The Bertz CT molecular complexity index is 400. The first kappa shape index (κ1) is 14.6. The summed E-state index contributed by atoms with van der Waals surface area (Å²) in [5.41, 5.74) is 1.28. The summed E-state index contributed by atoms with van der Waals surface area (Å²) in [5.74, 6) is 3.58. The zero-order valence-electron chi connectivity index (χ0n) is 12.3. The monoisotopic (exact) mass is 279 g/mol. The minimum Gasteiger partial charge on any atom is -0.370 e. The maximum Gasteiger partial charge on any atom is 0.133 e. The van der Waals surface area contributed by atoms with Crippen LogP contribution < -0.4 is 5.32 Å². The van der Waals surface area contributed by atoms with Crippen molar-refractivity contribution in [2.45, 2.75) is 57.4 Å². The van der Waals surface area contributed by atoms with E-state index < -0.39 is 0 Å². The average Bonchev–Trinajstić information content (AvgIpc) is 2.89. The van der Waals surface area contributed by atoms with Crippen molar-refractivity contribution in [1.29, 1.82) is 0 Å². The van der Waals surface area contributed by atoms with E-state index in [9.17, 15) is 0 Å². The Kier molecular flexibility index (Phi) is 5.49. The second kappa shape index (κ2) is 7.13. The Labute approximate surface area is 121 Å². The predicted octanol–water partition coefficient (Wildman–Crippen LogP) is 4.31. The maximum absolute atomic E-state index is 4.52. The van der Waals surface area contributed by atoms with Gasteiger partial charge in [-0.15, -0.1) is 11.8 Å². The largest absolute Gasteiger partial charge is 0.370 e. The fourth-order valence-electron chi connectivity index (χ4n) is 2.70. The molecule has 0 amide bonds. The summed E-state index contributed by atoms with van der Waals surface area (Å²) in [5, 5.41) is 4.54. The quantitative estimate of drug-likeness (QED) is 0.622. The number of nitrogens with zero attached hydrogens (tertiary/aromatic N) is 2. The van der Waals surface area contributed by atoms with Gasteiger partial charge in [-0.05, 0) is 31.6 Å². The van der Waals surface area contributed by atoms with Crippen LogP contribution in [-0.2, 0) is 0 Å². The van der Waals surface area contributed by atoms with E-state index in [0.717, 1.165) is 18.3 Å². The van der Waals surface area contributed by atoms with Crippen LogP contribution in [0.25, 0.3) is 0 Å². The van der Waals surface area contributed by atoms with E-state index in [-0.39, 0.29) is 0 Å². The second-order valence-electron chi connectivity index (χ2n) is 5.59. The smallest absolute Gasteiger partial charge is 0.133 e. The lowest BCUT2D eigenvalue weighted by molar-refractivity contribution is 0.622. The van der Waals surface area contributed by atoms with E-state index in [0.29, 0.717) is 5.92 Å². The molecule has 0 saturated heterocycles. The van der Waals surface area contributed by atoms with Crippen molar-refractivity contribution in [3.63, 3.8) is 0 Å². The van der Waals surface area contributed by atoms with Gasteiger partial charge >= 0.3 is 0 Å². The number of aromatic nitrogens is 2. The van der Waals surface area contributed by atoms with Gasteiger partial charge in [-0.1, -0.05) is 26.7 Å². The van der Waals surface area contributed by atoms with E-state index in [1.165, 1.54) is 42.0 Å². The van der Waals surface area contributed by atoms with Crippen molar-refractivity contribution in [2.75, 3.05) is 17.6 Å². The van der Waals surface area contributed by atoms with Crippen molar-refractivity contribution in [3.05, 3.63) is 11.9 Å². The molecule has 1 aliphatic rings. The molecule has 4 heteroatoms. The van der Waals surface area contributed by atoms with Crippen molar-refractivity contribution in [1.82, 2.24) is 9.97 Å². The third kappa shape index (κ3) is 3.85. The van der Waals surface area contributed by atoms with Gasteiger partial charge < -0.3 is 5.32 Å². The fourth-order valence-corrected chi connectivity index (χ4v) is 4.03. The number of thioether (sulfide) groups is 1. The molecule has 0 aliphatic heterocycles. The van der Waals surface area contributed by atoms with Crippen LogP contribution in [0.15, 0.2) is 11.4 Å². The number of anilines is 1. The maximum atomic E-state index is 4.52. The lowest BCUT2D eigenvalue weighted by atomic mass is 10.1. The van der Waals surface area contributed by atoms with Crippen molar-refractivity contribution in [2.24, 2.45) is 5.92 Å². The van der Waals surface area contributed by atoms with Gasteiger partial charge in [0.15, 0.2) is 0 Å². The van der Waals surface area contributed by atoms with Gasteiger partial charge in [-0.3, -0.25) is 0 Å². The van der Waals surface area contributed by atoms with Crippen LogP contribution in [0.2, 0.25) is 0 Å². The molecule has 0 unspecified atom stereocenters. The summed E-state index contributed by atoms with van der Waals surface area (Å²) in [6.45, 7) is 7.46. The minimum absolute atomic E-state index is 0.460. The zero-order valence-corrected chi connectivity index (χ0v) is 13.1. The molecule has 1 aromatic rings. The van der Waals surface area contributed by atoms with Gasteiger partial charge in [-0.25, -0.2) is 9.97 Å². The number of hydrogen-bond donors (Lipinski definition) is 1. The van der Waals surface area contributed by atoms with Gasteiger partial charge in [0.05, 0.1) is 0 Å². The molecule has 3 nitrogen and oxygen atoms in total. The van der Waals surface area contributed by atoms with Crippen molar-refractivity contribution < 1.29 is 0 Å². The highest BCUT2D eigenvalue weighted by atomic mass is 32.2. The molecule has 0 aromatic carbocycles. The molecule has 0 bridgehead atoms. The summed E-state index contributed by atoms with van der Waals surface area (Å²) in [7, 11) is 0. The first-order chi connectivity index (χ1) is 9.22. The van der Waals surface area contributed by atoms with E-state index >= 15 is 0 Å². The zero-order chi connectivity index (χ0) is 13.7. The van der Waals surface area contributed by atoms with Crippen LogP contribution in [0.3, 0.4) is 0 Å². The summed E-state index contributed by atoms with van der Waals surface area (Å²) in [4.78, 5) is 8.91. The van der Waals surface area contributed by atoms with Crippen LogP contribution >= 0.6 is 11.8 Å². The summed E-state index contributed by atoms with van der Waals surface area (Å²) < 4.78 is 0. The SMILES string of the molecule is CCNc1ncnc(SCC2CCCC2)c1C(C)C. The number of nitrogens with one attached hydrogen (secondary N) is 1.